The standard InChI is InChI=1S/C12H11F4NOS/c1-2-17-10(18)6-19-11(17)8-5-7(13)3-4-9(8)12(14,15)16/h3-5,11H,2,6H2,1H3. The number of alkyl halides is 3. The highest BCUT2D eigenvalue weighted by atomic mass is 32.2. The Balaban J connectivity index is 2.49. The summed E-state index contributed by atoms with van der Waals surface area (Å²) in [6, 6.07) is 2.37. The molecule has 1 heterocycles. The lowest BCUT2D eigenvalue weighted by Crippen LogP contribution is -2.29. The highest BCUT2D eigenvalue weighted by molar-refractivity contribution is 8.00. The van der Waals surface area contributed by atoms with Crippen LogP contribution >= 0.6 is 11.8 Å². The summed E-state index contributed by atoms with van der Waals surface area (Å²) in [4.78, 5) is 12.9. The number of carbonyl (C=O) groups is 1. The van der Waals surface area contributed by atoms with E-state index in [1.54, 1.807) is 6.92 Å². The minimum atomic E-state index is -4.56. The van der Waals surface area contributed by atoms with Gasteiger partial charge in [-0.1, -0.05) is 0 Å². The van der Waals surface area contributed by atoms with E-state index in [2.05, 4.69) is 0 Å². The van der Waals surface area contributed by atoms with Crippen molar-refractivity contribution >= 4 is 17.7 Å². The summed E-state index contributed by atoms with van der Waals surface area (Å²) in [5.74, 6) is -0.847. The second-order valence-electron chi connectivity index (χ2n) is 4.07. The second-order valence-corrected chi connectivity index (χ2v) is 5.14. The lowest BCUT2D eigenvalue weighted by molar-refractivity contribution is -0.139. The number of carbonyl (C=O) groups excluding carboxylic acids is 1. The molecule has 7 heteroatoms. The molecular weight excluding hydrogens is 282 g/mol. The number of amides is 1. The van der Waals surface area contributed by atoms with E-state index in [0.29, 0.717) is 6.54 Å². The van der Waals surface area contributed by atoms with E-state index >= 15 is 0 Å². The zero-order chi connectivity index (χ0) is 14.2. The maximum absolute atomic E-state index is 13.2. The third kappa shape index (κ3) is 2.70. The molecule has 0 aromatic heterocycles. The van der Waals surface area contributed by atoms with Crippen LogP contribution in [0.3, 0.4) is 0 Å². The fourth-order valence-corrected chi connectivity index (χ4v) is 3.34. The molecule has 1 aliphatic rings. The van der Waals surface area contributed by atoms with Crippen LogP contribution in [0.15, 0.2) is 18.2 Å². The fourth-order valence-electron chi connectivity index (χ4n) is 2.05. The number of rotatable bonds is 2. The Hall–Kier alpha value is -1.24. The molecule has 1 saturated heterocycles. The van der Waals surface area contributed by atoms with Gasteiger partial charge >= 0.3 is 6.18 Å². The van der Waals surface area contributed by atoms with Crippen LogP contribution in [-0.4, -0.2) is 23.1 Å². The highest BCUT2D eigenvalue weighted by Crippen LogP contribution is 2.44. The van der Waals surface area contributed by atoms with Gasteiger partial charge in [-0.05, 0) is 30.7 Å². The molecule has 1 aliphatic heterocycles. The average Bonchev–Trinajstić information content (AvgIpc) is 2.68. The van der Waals surface area contributed by atoms with Gasteiger partial charge in [-0.25, -0.2) is 4.39 Å². The first-order valence-corrected chi connectivity index (χ1v) is 6.67. The van der Waals surface area contributed by atoms with E-state index in [9.17, 15) is 22.4 Å². The zero-order valence-electron chi connectivity index (χ0n) is 10.00. The topological polar surface area (TPSA) is 20.3 Å². The Morgan fingerprint density at radius 1 is 1.42 bits per heavy atom. The average molecular weight is 293 g/mol. The van der Waals surface area contributed by atoms with Gasteiger partial charge in [0.05, 0.1) is 11.3 Å². The second kappa shape index (κ2) is 5.03. The molecule has 0 spiro atoms. The van der Waals surface area contributed by atoms with Crippen LogP contribution in [0, 0.1) is 5.82 Å². The highest BCUT2D eigenvalue weighted by Gasteiger charge is 2.40. The van der Waals surface area contributed by atoms with Crippen LogP contribution in [0.5, 0.6) is 0 Å². The monoisotopic (exact) mass is 293 g/mol. The van der Waals surface area contributed by atoms with Gasteiger partial charge in [0.25, 0.3) is 0 Å². The molecule has 2 nitrogen and oxygen atoms in total. The molecule has 19 heavy (non-hydrogen) atoms. The number of hydrogen-bond acceptors (Lipinski definition) is 2. The van der Waals surface area contributed by atoms with Gasteiger partial charge < -0.3 is 4.90 Å². The van der Waals surface area contributed by atoms with Crippen molar-refractivity contribution in [2.24, 2.45) is 0 Å². The predicted molar refractivity (Wildman–Crippen MR) is 64.0 cm³/mol. The Labute approximate surface area is 111 Å². The molecule has 1 unspecified atom stereocenters. The summed E-state index contributed by atoms with van der Waals surface area (Å²) in [6.45, 7) is 1.98. The number of hydrogen-bond donors (Lipinski definition) is 0. The molecule has 1 fully saturated rings. The van der Waals surface area contributed by atoms with Crippen LogP contribution in [0.1, 0.15) is 23.4 Å². The van der Waals surface area contributed by atoms with E-state index in [4.69, 9.17) is 0 Å². The third-order valence-electron chi connectivity index (χ3n) is 2.89. The van der Waals surface area contributed by atoms with Gasteiger partial charge in [-0.3, -0.25) is 4.79 Å². The first-order valence-electron chi connectivity index (χ1n) is 5.62. The molecule has 0 aliphatic carbocycles. The van der Waals surface area contributed by atoms with Crippen molar-refractivity contribution in [1.29, 1.82) is 0 Å². The van der Waals surface area contributed by atoms with Gasteiger partial charge in [0, 0.05) is 6.54 Å². The lowest BCUT2D eigenvalue weighted by Gasteiger charge is -2.25. The summed E-state index contributed by atoms with van der Waals surface area (Å²) in [5, 5.41) is -0.773. The molecule has 0 radical (unpaired) electrons. The van der Waals surface area contributed by atoms with Crippen LogP contribution < -0.4 is 0 Å². The Morgan fingerprint density at radius 2 is 2.11 bits per heavy atom. The normalized spacial score (nSPS) is 20.2. The van der Waals surface area contributed by atoms with Crippen molar-refractivity contribution in [3.05, 3.63) is 35.1 Å². The molecule has 0 saturated carbocycles. The maximum Gasteiger partial charge on any atom is 0.416 e. The third-order valence-corrected chi connectivity index (χ3v) is 4.13. The minimum Gasteiger partial charge on any atom is -0.326 e. The summed E-state index contributed by atoms with van der Waals surface area (Å²) >= 11 is 1.08. The van der Waals surface area contributed by atoms with E-state index in [-0.39, 0.29) is 17.2 Å². The van der Waals surface area contributed by atoms with Crippen molar-refractivity contribution in [2.45, 2.75) is 18.5 Å². The zero-order valence-corrected chi connectivity index (χ0v) is 10.8. The summed E-state index contributed by atoms with van der Waals surface area (Å²) < 4.78 is 52.0. The minimum absolute atomic E-state index is 0.117. The van der Waals surface area contributed by atoms with E-state index in [0.717, 1.165) is 30.0 Å². The van der Waals surface area contributed by atoms with Crippen molar-refractivity contribution < 1.29 is 22.4 Å². The molecule has 2 rings (SSSR count). The number of halogens is 4. The molecule has 1 amide bonds. The lowest BCUT2D eigenvalue weighted by atomic mass is 10.1. The van der Waals surface area contributed by atoms with Crippen molar-refractivity contribution in [2.75, 3.05) is 12.3 Å². The molecule has 1 aromatic rings. The van der Waals surface area contributed by atoms with Gasteiger partial charge in [0.15, 0.2) is 0 Å². The first-order chi connectivity index (χ1) is 8.84. The molecule has 1 aromatic carbocycles. The fraction of sp³-hybridized carbons (Fsp3) is 0.417. The summed E-state index contributed by atoms with van der Waals surface area (Å²) in [6.07, 6.45) is -4.56. The number of nitrogens with zero attached hydrogens (tertiary/aromatic N) is 1. The van der Waals surface area contributed by atoms with Crippen LogP contribution in [-0.2, 0) is 11.0 Å². The summed E-state index contributed by atoms with van der Waals surface area (Å²) in [5.41, 5.74) is -1.08. The predicted octanol–water partition coefficient (Wildman–Crippen LogP) is 3.44. The molecule has 104 valence electrons. The van der Waals surface area contributed by atoms with Gasteiger partial charge in [0.2, 0.25) is 5.91 Å². The van der Waals surface area contributed by atoms with Gasteiger partial charge in [-0.15, -0.1) is 11.8 Å². The van der Waals surface area contributed by atoms with E-state index in [1.165, 1.54) is 4.90 Å². The Morgan fingerprint density at radius 3 is 2.68 bits per heavy atom. The van der Waals surface area contributed by atoms with Crippen LogP contribution in [0.25, 0.3) is 0 Å². The molecule has 0 bridgehead atoms. The van der Waals surface area contributed by atoms with Crippen molar-refractivity contribution in [3.63, 3.8) is 0 Å². The maximum atomic E-state index is 13.2. The number of thioether (sulfide) groups is 1. The van der Waals surface area contributed by atoms with Crippen LogP contribution in [0.2, 0.25) is 0 Å². The molecule has 0 N–H and O–H groups in total. The van der Waals surface area contributed by atoms with Crippen LogP contribution in [0.4, 0.5) is 17.6 Å². The molecule has 1 atom stereocenters. The number of benzene rings is 1. The molecular formula is C12H11F4NOS. The van der Waals surface area contributed by atoms with Crippen molar-refractivity contribution in [3.8, 4) is 0 Å². The van der Waals surface area contributed by atoms with Gasteiger partial charge in [0.1, 0.15) is 11.2 Å². The van der Waals surface area contributed by atoms with E-state index < -0.39 is 22.9 Å². The van der Waals surface area contributed by atoms with E-state index in [1.807, 2.05) is 0 Å². The van der Waals surface area contributed by atoms with Gasteiger partial charge in [-0.2, -0.15) is 13.2 Å². The first kappa shape index (κ1) is 14.2. The summed E-state index contributed by atoms with van der Waals surface area (Å²) in [7, 11) is 0. The Bertz CT molecular complexity index is 503. The largest absolute Gasteiger partial charge is 0.416 e. The Kier molecular flexibility index (Phi) is 3.75. The van der Waals surface area contributed by atoms with Crippen molar-refractivity contribution in [1.82, 2.24) is 4.90 Å². The SMILES string of the molecule is CCN1C(=O)CSC1c1cc(F)ccc1C(F)(F)F. The quantitative estimate of drug-likeness (QED) is 0.779. The smallest absolute Gasteiger partial charge is 0.326 e.